The van der Waals surface area contributed by atoms with E-state index in [-0.39, 0.29) is 85.7 Å². The second kappa shape index (κ2) is 51.2. The summed E-state index contributed by atoms with van der Waals surface area (Å²) in [6.07, 6.45) is 4.03. The van der Waals surface area contributed by atoms with E-state index in [9.17, 15) is 39.0 Å². The first-order chi connectivity index (χ1) is 68.1. The van der Waals surface area contributed by atoms with Gasteiger partial charge in [0.1, 0.15) is 52.0 Å². The molecule has 4 aliphatic rings. The van der Waals surface area contributed by atoms with Crippen LogP contribution in [0.3, 0.4) is 0 Å². The number of aliphatic hydroxyl groups is 2. The fourth-order valence-electron chi connectivity index (χ4n) is 17.7. The summed E-state index contributed by atoms with van der Waals surface area (Å²) in [7, 11) is 6.15. The van der Waals surface area contributed by atoms with Gasteiger partial charge < -0.3 is 58.2 Å². The van der Waals surface area contributed by atoms with E-state index in [0.29, 0.717) is 229 Å². The average Bonchev–Trinajstić information content (AvgIpc) is 0.768. The Morgan fingerprint density at radius 2 is 0.681 bits per heavy atom. The van der Waals surface area contributed by atoms with E-state index >= 15 is 0 Å². The van der Waals surface area contributed by atoms with Gasteiger partial charge in [-0.3, -0.25) is 71.9 Å². The zero-order valence-electron chi connectivity index (χ0n) is 82.2. The van der Waals surface area contributed by atoms with Crippen LogP contribution in [0.4, 0.5) is 0 Å². The number of likely N-dealkylation sites (N-methyl/N-ethyl adjacent to an activating group) is 1. The van der Waals surface area contributed by atoms with Crippen molar-refractivity contribution < 1.29 is 53.0 Å². The maximum absolute atomic E-state index is 14.3. The third-order valence-corrected chi connectivity index (χ3v) is 25.8. The number of halogens is 3. The number of piperazine rings is 4. The van der Waals surface area contributed by atoms with Crippen LogP contribution in [0.1, 0.15) is 95.0 Å². The molecule has 16 rings (SSSR count). The second-order valence-electron chi connectivity index (χ2n) is 37.1. The first kappa shape index (κ1) is 105. The fraction of sp³-hybridized carbons (Fsp3) is 0.417. The molecule has 3 amide bonds. The lowest BCUT2D eigenvalue weighted by Gasteiger charge is -2.35. The first-order valence-electron chi connectivity index (χ1n) is 48.7. The Labute approximate surface area is 839 Å². The Balaban J connectivity index is 0.000000168. The van der Waals surface area contributed by atoms with Gasteiger partial charge in [0.2, 0.25) is 0 Å². The minimum absolute atomic E-state index is 0.0297. The van der Waals surface area contributed by atoms with E-state index in [1.165, 1.54) is 5.56 Å². The van der Waals surface area contributed by atoms with Gasteiger partial charge in [0.05, 0.1) is 101 Å². The molecule has 0 aliphatic carbocycles. The number of carbonyl (C=O) groups is 3. The molecule has 0 saturated carbocycles. The van der Waals surface area contributed by atoms with Crippen LogP contribution in [0, 0.1) is 0 Å². The largest absolute Gasteiger partial charge is 0.489 e. The number of unbranched alkanes of at least 4 members (excludes halogenated alkanes) is 2. The monoisotopic (exact) mass is 1980 g/mol. The number of rotatable bonds is 38. The predicted octanol–water partition coefficient (Wildman–Crippen LogP) is 13.5. The smallest absolute Gasteiger partial charge is 0.266 e. The number of β-amino-alcohol motifs (C(OH)–C–C–N with tert-alkyl or cyclic N) is 1. The number of aliphatic hydroxyl groups excluding tert-OH is 2. The van der Waals surface area contributed by atoms with Crippen molar-refractivity contribution in [3.05, 3.63) is 280 Å². The van der Waals surface area contributed by atoms with Crippen molar-refractivity contribution >= 4 is 85.2 Å². The first-order valence-corrected chi connectivity index (χ1v) is 49.9. The normalized spacial score (nSPS) is 14.8. The number of hydrogen-bond donors (Lipinski definition) is 2. The van der Waals surface area contributed by atoms with Gasteiger partial charge in [-0.2, -0.15) is 0 Å². The van der Waals surface area contributed by atoms with Crippen LogP contribution in [0.5, 0.6) is 34.5 Å². The van der Waals surface area contributed by atoms with Crippen molar-refractivity contribution in [2.45, 2.75) is 118 Å². The van der Waals surface area contributed by atoms with Crippen molar-refractivity contribution in [3.8, 4) is 51.6 Å². The Hall–Kier alpha value is -11.9. The van der Waals surface area contributed by atoms with E-state index < -0.39 is 0 Å². The zero-order valence-corrected chi connectivity index (χ0v) is 84.5. The highest BCUT2D eigenvalue weighted by atomic mass is 35.5. The number of aryl methyl sites for hydroxylation is 1. The number of fused-ring (bicyclic) bond motifs is 3. The number of carbonyl (C=O) groups excluding carboxylic acids is 3. The molecule has 4 saturated heterocycles. The molecule has 0 atom stereocenters. The summed E-state index contributed by atoms with van der Waals surface area (Å²) in [5, 5.41) is 22.2. The molecule has 7 heterocycles. The molecule has 2 N–H and O–H groups in total. The third-order valence-electron chi connectivity index (χ3n) is 25.0. The lowest BCUT2D eigenvalue weighted by molar-refractivity contribution is -0.135. The molecule has 0 bridgehead atoms. The predicted molar refractivity (Wildman–Crippen MR) is 554 cm³/mol. The van der Waals surface area contributed by atoms with Crippen LogP contribution in [-0.2, 0) is 53.5 Å². The highest BCUT2D eigenvalue weighted by Gasteiger charge is 2.31. The van der Waals surface area contributed by atoms with Crippen LogP contribution in [0.2, 0.25) is 15.1 Å². The molecule has 12 aromatic rings. The number of nitrogens with zero attached hydrogens (tertiary/aromatic N) is 16. The Kier molecular flexibility index (Phi) is 38.1. The van der Waals surface area contributed by atoms with Crippen LogP contribution in [0.15, 0.2) is 215 Å². The number of hydrogen-bond acceptors (Lipinski definition) is 24. The van der Waals surface area contributed by atoms with Crippen molar-refractivity contribution in [1.82, 2.24) is 77.7 Å². The highest BCUT2D eigenvalue weighted by Crippen LogP contribution is 2.34. The van der Waals surface area contributed by atoms with Gasteiger partial charge in [-0.15, -0.1) is 0 Å². The van der Waals surface area contributed by atoms with Crippen molar-refractivity contribution in [1.29, 1.82) is 0 Å². The molecule has 3 aromatic heterocycles. The van der Waals surface area contributed by atoms with Crippen molar-refractivity contribution in [2.24, 2.45) is 0 Å². The molecular formula is C108H131Cl3N16O14. The van der Waals surface area contributed by atoms with Crippen LogP contribution < -0.4 is 45.1 Å². The molecule has 748 valence electrons. The molecule has 0 spiro atoms. The van der Waals surface area contributed by atoms with Gasteiger partial charge in [0.15, 0.2) is 19.8 Å². The molecular weight excluding hydrogens is 1850 g/mol. The third kappa shape index (κ3) is 29.4. The van der Waals surface area contributed by atoms with Gasteiger partial charge in [-0.25, -0.2) is 15.0 Å². The molecule has 4 fully saturated rings. The summed E-state index contributed by atoms with van der Waals surface area (Å²) < 4.78 is 40.9. The van der Waals surface area contributed by atoms with Gasteiger partial charge >= 0.3 is 0 Å². The molecule has 4 aliphatic heterocycles. The summed E-state index contributed by atoms with van der Waals surface area (Å²) in [6.45, 7) is 27.6. The molecule has 141 heavy (non-hydrogen) atoms. The van der Waals surface area contributed by atoms with Gasteiger partial charge in [0.25, 0.3) is 34.4 Å². The van der Waals surface area contributed by atoms with Crippen molar-refractivity contribution in [2.75, 3.05) is 179 Å². The number of aromatic nitrogens is 6. The van der Waals surface area contributed by atoms with Crippen molar-refractivity contribution in [3.63, 3.8) is 0 Å². The summed E-state index contributed by atoms with van der Waals surface area (Å²) in [5.74, 6) is 5.34. The summed E-state index contributed by atoms with van der Waals surface area (Å²) in [5.41, 5.74) is 6.78. The fourth-order valence-corrected chi connectivity index (χ4v) is 18.0. The standard InChI is InChI=1S/C37H45ClN6O5.C37H46ClN5O4.C34H40ClN5O5/c1-27(2)49-34-12-7-28(24-41-15-13-40(14-16-41)21-22-45)23-33(34)44-35(39-32-6-4-3-5-31(32)37(44)47)25-42-17-19-43(20-18-42)36(46)26-48-30-10-8-29(38)9-11-30;1-27(2)47-34-18-13-28(10-6-5-9-19-40(3)4)24-33(34)43-35(39-32-12-8-7-11-31(32)37(43)45)25-41-20-22-42(23-21-41)36(44)26-46-30-16-14-29(38)15-17-30;1-24(2)45-31-13-8-25(21-37(3)18-19-41)20-30(31)40-32(36-29-7-5-4-6-28(29)34(40)43)22-38-14-16-39(17-15-38)33(42)23-44-27-11-9-26(35)10-12-27/h3-12,23,27,45H,13-22,24-26H2,1-2H3;7-8,11-18,24,27H,5-6,9-10,19-23,25-26H2,1-4H3;4-13,20,24,41H,14-19,21-23H2,1-3H3. The maximum Gasteiger partial charge on any atom is 0.266 e. The molecule has 33 heteroatoms. The number of para-hydroxylation sites is 3. The van der Waals surface area contributed by atoms with Gasteiger partial charge in [0, 0.05) is 146 Å². The van der Waals surface area contributed by atoms with Gasteiger partial charge in [-0.1, -0.05) is 95.8 Å². The number of benzene rings is 9. The maximum atomic E-state index is 14.3. The number of amides is 3. The minimum atomic E-state index is -0.168. The molecule has 0 radical (unpaired) electrons. The summed E-state index contributed by atoms with van der Waals surface area (Å²) in [6, 6.07) is 61.4. The average molecular weight is 1980 g/mol. The zero-order chi connectivity index (χ0) is 99.6. The molecule has 0 unspecified atom stereocenters. The molecule has 30 nitrogen and oxygen atoms in total. The Bertz CT molecular complexity index is 6360. The minimum Gasteiger partial charge on any atom is -0.489 e. The topological polar surface area (TPSA) is 284 Å². The lowest BCUT2D eigenvalue weighted by atomic mass is 10.1. The summed E-state index contributed by atoms with van der Waals surface area (Å²) in [4.78, 5) is 118. The Morgan fingerprint density at radius 3 is 1.03 bits per heavy atom. The molecule has 9 aromatic carbocycles. The lowest BCUT2D eigenvalue weighted by Crippen LogP contribution is -2.50. The van der Waals surface area contributed by atoms with Crippen LogP contribution in [-0.4, -0.2) is 302 Å². The van der Waals surface area contributed by atoms with E-state index in [2.05, 4.69) is 67.8 Å². The number of ether oxygens (including phenoxy) is 6. The Morgan fingerprint density at radius 1 is 0.362 bits per heavy atom. The van der Waals surface area contributed by atoms with E-state index in [4.69, 9.17) is 78.2 Å². The quantitative estimate of drug-likeness (QED) is 0.0340. The van der Waals surface area contributed by atoms with Crippen LogP contribution in [0.25, 0.3) is 49.8 Å². The second-order valence-corrected chi connectivity index (χ2v) is 38.4. The van der Waals surface area contributed by atoms with E-state index in [0.717, 1.165) is 81.8 Å². The SMILES string of the molecule is CC(C)Oc1ccc(CCCCCN(C)C)cc1-n1c(CN2CCN(C(=O)COc3ccc(Cl)cc3)CC2)nc2ccccc2c1=O.CC(C)Oc1ccc(CN(C)CCO)cc1-n1c(CN2CCN(C(=O)COc3ccc(Cl)cc3)CC2)nc2ccccc2c1=O.CC(C)Oc1ccc(CN2CCN(CCO)CC2)cc1-n1c(CN2CCN(C(=O)COc3ccc(Cl)cc3)CC2)nc2ccccc2c1=O. The van der Waals surface area contributed by atoms with E-state index in [1.807, 2.05) is 160 Å². The highest BCUT2D eigenvalue weighted by molar-refractivity contribution is 6.31. The van der Waals surface area contributed by atoms with Gasteiger partial charge in [-0.05, 0) is 251 Å². The van der Waals surface area contributed by atoms with Crippen LogP contribution >= 0.6 is 34.8 Å². The van der Waals surface area contributed by atoms with E-state index in [1.54, 1.807) is 97.5 Å². The summed E-state index contributed by atoms with van der Waals surface area (Å²) >= 11 is 17.9.